The first kappa shape index (κ1) is 14.0. The molecule has 1 aliphatic rings. The molecular formula is C13H15ClO5. The molecule has 1 aromatic carbocycles. The van der Waals surface area contributed by atoms with Crippen molar-refractivity contribution in [3.8, 4) is 11.5 Å². The van der Waals surface area contributed by atoms with Gasteiger partial charge in [0.25, 0.3) is 0 Å². The molecule has 0 radical (unpaired) electrons. The molecule has 0 spiro atoms. The molecule has 5 nitrogen and oxygen atoms in total. The fourth-order valence-electron chi connectivity index (χ4n) is 2.09. The van der Waals surface area contributed by atoms with Crippen molar-refractivity contribution in [1.29, 1.82) is 0 Å². The van der Waals surface area contributed by atoms with Gasteiger partial charge in [-0.2, -0.15) is 0 Å². The van der Waals surface area contributed by atoms with Crippen LogP contribution in [0.3, 0.4) is 0 Å². The van der Waals surface area contributed by atoms with Crippen LogP contribution in [-0.2, 0) is 16.0 Å². The van der Waals surface area contributed by atoms with Crippen molar-refractivity contribution < 1.29 is 24.1 Å². The van der Waals surface area contributed by atoms with Gasteiger partial charge in [-0.15, -0.1) is 0 Å². The van der Waals surface area contributed by atoms with E-state index in [0.29, 0.717) is 47.3 Å². The molecule has 1 heterocycles. The highest BCUT2D eigenvalue weighted by Gasteiger charge is 2.28. The highest BCUT2D eigenvalue weighted by Crippen LogP contribution is 2.43. The van der Waals surface area contributed by atoms with Crippen LogP contribution in [0.4, 0.5) is 0 Å². The van der Waals surface area contributed by atoms with Gasteiger partial charge in [-0.05, 0) is 12.5 Å². The highest BCUT2D eigenvalue weighted by atomic mass is 35.5. The number of aliphatic hydroxyl groups is 1. The topological polar surface area (TPSA) is 65.0 Å². The second-order valence-corrected chi connectivity index (χ2v) is 4.47. The number of rotatable bonds is 3. The minimum atomic E-state index is -1.38. The lowest BCUT2D eigenvalue weighted by molar-refractivity contribution is -0.150. The molecule has 0 saturated carbocycles. The van der Waals surface area contributed by atoms with Crippen LogP contribution in [0.5, 0.6) is 11.5 Å². The normalized spacial score (nSPS) is 14.9. The van der Waals surface area contributed by atoms with E-state index in [1.165, 1.54) is 13.2 Å². The van der Waals surface area contributed by atoms with E-state index < -0.39 is 12.1 Å². The van der Waals surface area contributed by atoms with Crippen molar-refractivity contribution in [2.75, 3.05) is 20.3 Å². The van der Waals surface area contributed by atoms with E-state index in [9.17, 15) is 9.90 Å². The Balaban J connectivity index is 2.55. The first-order valence-electron chi connectivity index (χ1n) is 5.96. The summed E-state index contributed by atoms with van der Waals surface area (Å²) in [5.74, 6) is 0.229. The van der Waals surface area contributed by atoms with E-state index >= 15 is 0 Å². The Labute approximate surface area is 116 Å². The second kappa shape index (κ2) is 5.67. The molecule has 1 atom stereocenters. The summed E-state index contributed by atoms with van der Waals surface area (Å²) in [6, 6.07) is 1.52. The molecule has 2 rings (SSSR count). The van der Waals surface area contributed by atoms with Crippen LogP contribution in [0, 0.1) is 0 Å². The van der Waals surface area contributed by atoms with E-state index in [-0.39, 0.29) is 0 Å². The predicted molar refractivity (Wildman–Crippen MR) is 68.8 cm³/mol. The van der Waals surface area contributed by atoms with E-state index in [0.717, 1.165) is 0 Å². The van der Waals surface area contributed by atoms with Crippen LogP contribution in [0.2, 0.25) is 5.02 Å². The Morgan fingerprint density at radius 3 is 2.68 bits per heavy atom. The van der Waals surface area contributed by atoms with Crippen molar-refractivity contribution in [1.82, 2.24) is 0 Å². The van der Waals surface area contributed by atoms with Crippen LogP contribution in [0.1, 0.15) is 24.2 Å². The summed E-state index contributed by atoms with van der Waals surface area (Å²) in [6.45, 7) is 2.73. The first-order valence-corrected chi connectivity index (χ1v) is 6.34. The van der Waals surface area contributed by atoms with E-state index in [1.54, 1.807) is 0 Å². The maximum absolute atomic E-state index is 11.5. The summed E-state index contributed by atoms with van der Waals surface area (Å²) in [4.78, 5) is 11.5. The summed E-state index contributed by atoms with van der Waals surface area (Å²) >= 11 is 6.10. The van der Waals surface area contributed by atoms with Gasteiger partial charge in [0.1, 0.15) is 13.2 Å². The predicted octanol–water partition coefficient (Wildman–Crippen LogP) is 1.88. The van der Waals surface area contributed by atoms with Crippen molar-refractivity contribution in [2.45, 2.75) is 19.4 Å². The number of halogens is 1. The Kier molecular flexibility index (Phi) is 4.17. The SMILES string of the molecule is CCc1c(C(O)C(=O)OC)cc(Cl)c2c1OCCO2. The molecule has 1 unspecified atom stereocenters. The second-order valence-electron chi connectivity index (χ2n) is 4.06. The van der Waals surface area contributed by atoms with Gasteiger partial charge < -0.3 is 19.3 Å². The van der Waals surface area contributed by atoms with Gasteiger partial charge in [0.2, 0.25) is 0 Å². The van der Waals surface area contributed by atoms with Gasteiger partial charge in [0.15, 0.2) is 17.6 Å². The monoisotopic (exact) mass is 286 g/mol. The fraction of sp³-hybridized carbons (Fsp3) is 0.462. The molecule has 6 heteroatoms. The Bertz CT molecular complexity index is 500. The molecule has 0 amide bonds. The molecule has 0 bridgehead atoms. The Morgan fingerprint density at radius 1 is 1.47 bits per heavy atom. The molecule has 0 aromatic heterocycles. The number of carbonyl (C=O) groups is 1. The van der Waals surface area contributed by atoms with Gasteiger partial charge in [-0.3, -0.25) is 0 Å². The van der Waals surface area contributed by atoms with Crippen LogP contribution in [0.15, 0.2) is 6.07 Å². The van der Waals surface area contributed by atoms with Gasteiger partial charge >= 0.3 is 5.97 Å². The van der Waals surface area contributed by atoms with Crippen molar-refractivity contribution in [3.63, 3.8) is 0 Å². The van der Waals surface area contributed by atoms with E-state index in [1.807, 2.05) is 6.92 Å². The van der Waals surface area contributed by atoms with Gasteiger partial charge in [0.05, 0.1) is 12.1 Å². The number of carbonyl (C=O) groups excluding carboxylic acids is 1. The van der Waals surface area contributed by atoms with Gasteiger partial charge in [-0.1, -0.05) is 18.5 Å². The minimum Gasteiger partial charge on any atom is -0.486 e. The van der Waals surface area contributed by atoms with Crippen molar-refractivity contribution in [3.05, 3.63) is 22.2 Å². The molecular weight excluding hydrogens is 272 g/mol. The smallest absolute Gasteiger partial charge is 0.339 e. The van der Waals surface area contributed by atoms with Crippen LogP contribution in [0.25, 0.3) is 0 Å². The number of hydrogen-bond donors (Lipinski definition) is 1. The van der Waals surface area contributed by atoms with Gasteiger partial charge in [0, 0.05) is 11.1 Å². The number of esters is 1. The maximum Gasteiger partial charge on any atom is 0.339 e. The number of benzene rings is 1. The average Bonchev–Trinajstić information content (AvgIpc) is 2.45. The fourth-order valence-corrected chi connectivity index (χ4v) is 2.35. The Morgan fingerprint density at radius 2 is 2.11 bits per heavy atom. The van der Waals surface area contributed by atoms with Crippen molar-refractivity contribution in [2.24, 2.45) is 0 Å². The number of aliphatic hydroxyl groups excluding tert-OH is 1. The zero-order valence-electron chi connectivity index (χ0n) is 10.7. The molecule has 19 heavy (non-hydrogen) atoms. The Hall–Kier alpha value is -1.46. The third-order valence-electron chi connectivity index (χ3n) is 2.98. The molecule has 104 valence electrons. The largest absolute Gasteiger partial charge is 0.486 e. The molecule has 1 aromatic rings. The molecule has 0 saturated heterocycles. The van der Waals surface area contributed by atoms with E-state index in [2.05, 4.69) is 4.74 Å². The lowest BCUT2D eigenvalue weighted by Crippen LogP contribution is -2.20. The summed E-state index contributed by atoms with van der Waals surface area (Å²) in [5, 5.41) is 10.3. The molecule has 1 N–H and O–H groups in total. The third kappa shape index (κ3) is 2.48. The highest BCUT2D eigenvalue weighted by molar-refractivity contribution is 6.32. The van der Waals surface area contributed by atoms with Gasteiger partial charge in [-0.25, -0.2) is 4.79 Å². The van der Waals surface area contributed by atoms with E-state index in [4.69, 9.17) is 21.1 Å². The van der Waals surface area contributed by atoms with Crippen molar-refractivity contribution >= 4 is 17.6 Å². The average molecular weight is 287 g/mol. The lowest BCUT2D eigenvalue weighted by atomic mass is 9.98. The summed E-state index contributed by atoms with van der Waals surface area (Å²) in [7, 11) is 1.22. The number of methoxy groups -OCH3 is 1. The zero-order valence-corrected chi connectivity index (χ0v) is 11.5. The standard InChI is InChI=1S/C13H15ClO5/c1-3-7-8(10(15)13(16)17-2)6-9(14)12-11(7)18-4-5-19-12/h6,10,15H,3-5H2,1-2H3. The summed E-state index contributed by atoms with van der Waals surface area (Å²) in [6.07, 6.45) is -0.806. The first-order chi connectivity index (χ1) is 9.10. The number of fused-ring (bicyclic) bond motifs is 1. The third-order valence-corrected chi connectivity index (χ3v) is 3.26. The quantitative estimate of drug-likeness (QED) is 0.860. The molecule has 1 aliphatic heterocycles. The minimum absolute atomic E-state index is 0.310. The molecule has 0 aliphatic carbocycles. The zero-order chi connectivity index (χ0) is 14.0. The maximum atomic E-state index is 11.5. The number of hydrogen-bond acceptors (Lipinski definition) is 5. The summed E-state index contributed by atoms with van der Waals surface area (Å²) < 4.78 is 15.6. The summed E-state index contributed by atoms with van der Waals surface area (Å²) in [5.41, 5.74) is 1.10. The van der Waals surface area contributed by atoms with Crippen LogP contribution in [-0.4, -0.2) is 31.4 Å². The van der Waals surface area contributed by atoms with Crippen LogP contribution < -0.4 is 9.47 Å². The van der Waals surface area contributed by atoms with Crippen LogP contribution >= 0.6 is 11.6 Å². The number of ether oxygens (including phenoxy) is 3. The molecule has 0 fully saturated rings. The lowest BCUT2D eigenvalue weighted by Gasteiger charge is -2.25.